The number of amidine groups is 1. The van der Waals surface area contributed by atoms with Gasteiger partial charge in [-0.1, -0.05) is 12.8 Å². The van der Waals surface area contributed by atoms with Crippen molar-refractivity contribution in [1.29, 1.82) is 0 Å². The van der Waals surface area contributed by atoms with Crippen molar-refractivity contribution in [3.8, 4) is 0 Å². The third-order valence-corrected chi connectivity index (χ3v) is 2.91. The maximum Gasteiger partial charge on any atom is 0.0905 e. The van der Waals surface area contributed by atoms with Crippen LogP contribution >= 0.6 is 0 Å². The Morgan fingerprint density at radius 2 is 2.31 bits per heavy atom. The van der Waals surface area contributed by atoms with E-state index in [1.807, 2.05) is 0 Å². The summed E-state index contributed by atoms with van der Waals surface area (Å²) in [5.41, 5.74) is 5.43. The zero-order chi connectivity index (χ0) is 11.8. The largest absolute Gasteiger partial charge is 0.390 e. The van der Waals surface area contributed by atoms with Crippen molar-refractivity contribution >= 4 is 5.84 Å². The average molecular weight is 228 g/mol. The van der Waals surface area contributed by atoms with Crippen molar-refractivity contribution in [3.05, 3.63) is 0 Å². The van der Waals surface area contributed by atoms with Gasteiger partial charge in [0, 0.05) is 13.2 Å². The van der Waals surface area contributed by atoms with Crippen LogP contribution in [0.25, 0.3) is 0 Å². The predicted octanol–water partition coefficient (Wildman–Crippen LogP) is 1.46. The highest BCUT2D eigenvalue weighted by Gasteiger charge is 2.23. The number of nitrogens with zero attached hydrogens (tertiary/aromatic N) is 1. The molecular formula is C12H24N2O2. The summed E-state index contributed by atoms with van der Waals surface area (Å²) in [6.07, 6.45) is 5.94. The Kier molecular flexibility index (Phi) is 6.42. The van der Waals surface area contributed by atoms with Crippen LogP contribution in [0, 0.1) is 0 Å². The van der Waals surface area contributed by atoms with Crippen LogP contribution in [0.15, 0.2) is 4.99 Å². The number of nitrogens with two attached hydrogens (primary N) is 1. The summed E-state index contributed by atoms with van der Waals surface area (Å²) in [4.78, 5) is 4.13. The van der Waals surface area contributed by atoms with Crippen LogP contribution in [0.2, 0.25) is 0 Å². The molecule has 0 aromatic heterocycles. The lowest BCUT2D eigenvalue weighted by atomic mass is 10.0. The third-order valence-electron chi connectivity index (χ3n) is 2.91. The fourth-order valence-corrected chi connectivity index (χ4v) is 1.99. The maximum absolute atomic E-state index is 9.82. The van der Waals surface area contributed by atoms with Gasteiger partial charge in [-0.3, -0.25) is 4.99 Å². The summed E-state index contributed by atoms with van der Waals surface area (Å²) >= 11 is 0. The zero-order valence-corrected chi connectivity index (χ0v) is 10.2. The first kappa shape index (κ1) is 13.5. The summed E-state index contributed by atoms with van der Waals surface area (Å²) in [5, 5.41) is 9.82. The third kappa shape index (κ3) is 5.47. The molecule has 0 amide bonds. The molecule has 4 nitrogen and oxygen atoms in total. The van der Waals surface area contributed by atoms with Gasteiger partial charge in [0.15, 0.2) is 0 Å². The smallest absolute Gasteiger partial charge is 0.0905 e. The van der Waals surface area contributed by atoms with E-state index in [4.69, 9.17) is 10.5 Å². The van der Waals surface area contributed by atoms with E-state index in [0.717, 1.165) is 51.7 Å². The number of ether oxygens (including phenoxy) is 1. The van der Waals surface area contributed by atoms with E-state index in [0.29, 0.717) is 5.84 Å². The van der Waals surface area contributed by atoms with Crippen molar-refractivity contribution in [2.45, 2.75) is 57.7 Å². The summed E-state index contributed by atoms with van der Waals surface area (Å²) in [6.45, 7) is 3.42. The number of aliphatic hydroxyl groups is 1. The predicted molar refractivity (Wildman–Crippen MR) is 65.6 cm³/mol. The highest BCUT2D eigenvalue weighted by molar-refractivity contribution is 5.77. The summed E-state index contributed by atoms with van der Waals surface area (Å²) in [7, 11) is 0. The molecule has 0 spiro atoms. The number of unbranched alkanes of at least 4 members (excludes halogenated alkanes) is 2. The molecule has 1 fully saturated rings. The minimum atomic E-state index is -0.276. The van der Waals surface area contributed by atoms with Crippen LogP contribution < -0.4 is 5.73 Å². The van der Waals surface area contributed by atoms with Gasteiger partial charge in [0.05, 0.1) is 18.0 Å². The van der Waals surface area contributed by atoms with E-state index in [9.17, 15) is 5.11 Å². The Labute approximate surface area is 97.9 Å². The van der Waals surface area contributed by atoms with Gasteiger partial charge >= 0.3 is 0 Å². The molecule has 16 heavy (non-hydrogen) atoms. The summed E-state index contributed by atoms with van der Waals surface area (Å²) in [5.74, 6) is 0.652. The standard InChI is InChI=1S/C12H24N2O2/c1-10(13)14-8-4-2-3-6-11(15)12-7-5-9-16-12/h11-12,15H,2-9H2,1H3,(H2,13,14). The van der Waals surface area contributed by atoms with Crippen LogP contribution in [0.5, 0.6) is 0 Å². The van der Waals surface area contributed by atoms with E-state index < -0.39 is 0 Å². The highest BCUT2D eigenvalue weighted by atomic mass is 16.5. The molecule has 1 aliphatic rings. The molecule has 2 unspecified atom stereocenters. The average Bonchev–Trinajstić information content (AvgIpc) is 2.75. The van der Waals surface area contributed by atoms with Crippen molar-refractivity contribution in [1.82, 2.24) is 0 Å². The molecular weight excluding hydrogens is 204 g/mol. The highest BCUT2D eigenvalue weighted by Crippen LogP contribution is 2.19. The number of hydrogen-bond acceptors (Lipinski definition) is 3. The minimum absolute atomic E-state index is 0.0873. The number of hydrogen-bond donors (Lipinski definition) is 2. The first-order valence-electron chi connectivity index (χ1n) is 6.26. The molecule has 0 bridgehead atoms. The zero-order valence-electron chi connectivity index (χ0n) is 10.2. The molecule has 2 atom stereocenters. The second-order valence-corrected chi connectivity index (χ2v) is 4.49. The molecule has 0 saturated carbocycles. The molecule has 4 heteroatoms. The second kappa shape index (κ2) is 7.63. The van der Waals surface area contributed by atoms with Crippen molar-refractivity contribution in [2.24, 2.45) is 10.7 Å². The number of rotatable bonds is 7. The van der Waals surface area contributed by atoms with Gasteiger partial charge in [-0.25, -0.2) is 0 Å². The van der Waals surface area contributed by atoms with Gasteiger partial charge in [0.1, 0.15) is 0 Å². The first-order valence-corrected chi connectivity index (χ1v) is 6.26. The van der Waals surface area contributed by atoms with E-state index in [2.05, 4.69) is 4.99 Å². The first-order chi connectivity index (χ1) is 7.70. The Morgan fingerprint density at radius 1 is 1.50 bits per heavy atom. The minimum Gasteiger partial charge on any atom is -0.390 e. The molecule has 3 N–H and O–H groups in total. The van der Waals surface area contributed by atoms with Crippen molar-refractivity contribution in [3.63, 3.8) is 0 Å². The summed E-state index contributed by atoms with van der Waals surface area (Å²) in [6, 6.07) is 0. The molecule has 0 radical (unpaired) electrons. The Bertz CT molecular complexity index is 209. The lowest BCUT2D eigenvalue weighted by Gasteiger charge is -2.16. The normalized spacial score (nSPS) is 23.6. The van der Waals surface area contributed by atoms with Crippen LogP contribution in [-0.4, -0.2) is 36.3 Å². The Balaban J connectivity index is 1.96. The van der Waals surface area contributed by atoms with Crippen molar-refractivity contribution in [2.75, 3.05) is 13.2 Å². The topological polar surface area (TPSA) is 67.8 Å². The molecule has 1 saturated heterocycles. The maximum atomic E-state index is 9.82. The molecule has 0 aliphatic carbocycles. The lowest BCUT2D eigenvalue weighted by molar-refractivity contribution is -0.00633. The van der Waals surface area contributed by atoms with Crippen LogP contribution in [0.3, 0.4) is 0 Å². The SMILES string of the molecule is CC(N)=NCCCCCC(O)C1CCCO1. The lowest BCUT2D eigenvalue weighted by Crippen LogP contribution is -2.24. The number of aliphatic imine (C=N–C) groups is 1. The number of aliphatic hydroxyl groups excluding tert-OH is 1. The van der Waals surface area contributed by atoms with Gasteiger partial charge in [-0.05, 0) is 32.6 Å². The Morgan fingerprint density at radius 3 is 2.94 bits per heavy atom. The van der Waals surface area contributed by atoms with Gasteiger partial charge < -0.3 is 15.6 Å². The van der Waals surface area contributed by atoms with E-state index in [-0.39, 0.29) is 12.2 Å². The monoisotopic (exact) mass is 228 g/mol. The van der Waals surface area contributed by atoms with Crippen molar-refractivity contribution < 1.29 is 9.84 Å². The van der Waals surface area contributed by atoms with E-state index >= 15 is 0 Å². The quantitative estimate of drug-likeness (QED) is 0.394. The van der Waals surface area contributed by atoms with E-state index in [1.165, 1.54) is 0 Å². The fraction of sp³-hybridized carbons (Fsp3) is 0.917. The second-order valence-electron chi connectivity index (χ2n) is 4.49. The van der Waals surface area contributed by atoms with Gasteiger partial charge in [0.2, 0.25) is 0 Å². The van der Waals surface area contributed by atoms with Crippen LogP contribution in [-0.2, 0) is 4.74 Å². The molecule has 1 aliphatic heterocycles. The molecule has 1 heterocycles. The molecule has 1 rings (SSSR count). The van der Waals surface area contributed by atoms with Crippen LogP contribution in [0.4, 0.5) is 0 Å². The Hall–Kier alpha value is -0.610. The summed E-state index contributed by atoms with van der Waals surface area (Å²) < 4.78 is 5.44. The molecule has 94 valence electrons. The van der Waals surface area contributed by atoms with Gasteiger partial charge in [-0.15, -0.1) is 0 Å². The molecule has 0 aromatic rings. The van der Waals surface area contributed by atoms with E-state index in [1.54, 1.807) is 6.92 Å². The fourth-order valence-electron chi connectivity index (χ4n) is 1.99. The van der Waals surface area contributed by atoms with Gasteiger partial charge in [0.25, 0.3) is 0 Å². The van der Waals surface area contributed by atoms with Gasteiger partial charge in [-0.2, -0.15) is 0 Å². The molecule has 0 aromatic carbocycles. The van der Waals surface area contributed by atoms with Crippen LogP contribution in [0.1, 0.15) is 45.4 Å².